The molecule has 98 valence electrons. The van der Waals surface area contributed by atoms with Gasteiger partial charge in [-0.3, -0.25) is 9.20 Å². The first-order valence-corrected chi connectivity index (χ1v) is 6.61. The van der Waals surface area contributed by atoms with Gasteiger partial charge in [0.1, 0.15) is 18.3 Å². The zero-order chi connectivity index (χ0) is 12.8. The average molecular weight is 257 g/mol. The van der Waals surface area contributed by atoms with Crippen molar-refractivity contribution in [2.45, 2.75) is 24.9 Å². The van der Waals surface area contributed by atoms with Gasteiger partial charge in [0.05, 0.1) is 11.7 Å². The summed E-state index contributed by atoms with van der Waals surface area (Å²) in [6, 6.07) is 2.65. The molecule has 2 fully saturated rings. The number of piperidine rings is 1. The lowest BCUT2D eigenvalue weighted by Gasteiger charge is -2.23. The lowest BCUT2D eigenvalue weighted by Crippen LogP contribution is -2.44. The fourth-order valence-electron chi connectivity index (χ4n) is 3.20. The highest BCUT2D eigenvalue weighted by molar-refractivity contribution is 5.93. The van der Waals surface area contributed by atoms with Gasteiger partial charge in [-0.05, 0) is 24.8 Å². The van der Waals surface area contributed by atoms with Crippen LogP contribution in [0.5, 0.6) is 0 Å². The molecule has 2 bridgehead atoms. The summed E-state index contributed by atoms with van der Waals surface area (Å²) in [4.78, 5) is 20.4. The van der Waals surface area contributed by atoms with Crippen LogP contribution in [-0.4, -0.2) is 38.9 Å². The smallest absolute Gasteiger partial charge is 0.270 e. The number of nitrogens with one attached hydrogen (secondary N) is 2. The molecule has 3 unspecified atom stereocenters. The molecule has 6 nitrogen and oxygen atoms in total. The fraction of sp³-hybridized carbons (Fsp3) is 0.462. The van der Waals surface area contributed by atoms with E-state index < -0.39 is 0 Å². The first-order valence-electron chi connectivity index (χ1n) is 6.61. The van der Waals surface area contributed by atoms with Crippen LogP contribution >= 0.6 is 0 Å². The first-order chi connectivity index (χ1) is 9.29. The second kappa shape index (κ2) is 4.03. The molecule has 1 aliphatic carbocycles. The Hall–Kier alpha value is -1.95. The van der Waals surface area contributed by atoms with Gasteiger partial charge in [0.2, 0.25) is 0 Å². The standard InChI is InChI=1S/C13H15N5O/c19-13(17-11-2-9-1-8(11)4-15-9)12-3-10-5-14-6-18(10)7-16-12/h3,5-9,11,15H,1-2,4H2,(H,17,19). The molecular formula is C13H15N5O. The van der Waals surface area contributed by atoms with Crippen molar-refractivity contribution in [3.63, 3.8) is 0 Å². The molecule has 3 heterocycles. The molecule has 2 aromatic heterocycles. The minimum Gasteiger partial charge on any atom is -0.348 e. The number of carbonyl (C=O) groups excluding carboxylic acids is 1. The predicted octanol–water partition coefficient (Wildman–Crippen LogP) is 0.209. The Morgan fingerprint density at radius 3 is 3.16 bits per heavy atom. The summed E-state index contributed by atoms with van der Waals surface area (Å²) in [5.74, 6) is 0.494. The van der Waals surface area contributed by atoms with Crippen molar-refractivity contribution < 1.29 is 4.79 Å². The third-order valence-electron chi connectivity index (χ3n) is 4.21. The van der Waals surface area contributed by atoms with E-state index in [4.69, 9.17) is 0 Å². The molecular weight excluding hydrogens is 242 g/mol. The summed E-state index contributed by atoms with van der Waals surface area (Å²) in [7, 11) is 0. The molecule has 3 atom stereocenters. The monoisotopic (exact) mass is 257 g/mol. The van der Waals surface area contributed by atoms with E-state index in [1.165, 1.54) is 6.42 Å². The molecule has 1 amide bonds. The van der Waals surface area contributed by atoms with E-state index in [-0.39, 0.29) is 5.91 Å². The maximum absolute atomic E-state index is 12.2. The molecule has 19 heavy (non-hydrogen) atoms. The Kier molecular flexibility index (Phi) is 2.32. The van der Waals surface area contributed by atoms with Crippen LogP contribution in [0, 0.1) is 5.92 Å². The van der Waals surface area contributed by atoms with E-state index in [0.29, 0.717) is 23.7 Å². The number of hydrogen-bond donors (Lipinski definition) is 2. The number of nitrogens with zero attached hydrogens (tertiary/aromatic N) is 3. The minimum absolute atomic E-state index is 0.0822. The molecule has 1 aliphatic heterocycles. The van der Waals surface area contributed by atoms with Crippen molar-refractivity contribution in [3.8, 4) is 0 Å². The van der Waals surface area contributed by atoms with Crippen LogP contribution < -0.4 is 10.6 Å². The quantitative estimate of drug-likeness (QED) is 0.807. The molecule has 4 rings (SSSR count). The highest BCUT2D eigenvalue weighted by atomic mass is 16.1. The Morgan fingerprint density at radius 2 is 2.37 bits per heavy atom. The van der Waals surface area contributed by atoms with Crippen LogP contribution in [0.3, 0.4) is 0 Å². The van der Waals surface area contributed by atoms with Crippen molar-refractivity contribution >= 4 is 11.4 Å². The number of hydrogen-bond acceptors (Lipinski definition) is 4. The summed E-state index contributed by atoms with van der Waals surface area (Å²) in [5, 5.41) is 6.55. The van der Waals surface area contributed by atoms with E-state index in [1.54, 1.807) is 29.3 Å². The van der Waals surface area contributed by atoms with E-state index in [0.717, 1.165) is 18.5 Å². The van der Waals surface area contributed by atoms with Gasteiger partial charge in [-0.25, -0.2) is 9.97 Å². The second-order valence-corrected chi connectivity index (χ2v) is 5.42. The summed E-state index contributed by atoms with van der Waals surface area (Å²) in [6.07, 6.45) is 7.23. The normalized spacial score (nSPS) is 28.9. The minimum atomic E-state index is -0.0822. The number of carbonyl (C=O) groups is 1. The van der Waals surface area contributed by atoms with Crippen molar-refractivity contribution in [1.82, 2.24) is 25.0 Å². The molecule has 2 aromatic rings. The van der Waals surface area contributed by atoms with Gasteiger partial charge in [-0.15, -0.1) is 0 Å². The average Bonchev–Trinajstić information content (AvgIpc) is 3.13. The van der Waals surface area contributed by atoms with Gasteiger partial charge >= 0.3 is 0 Å². The van der Waals surface area contributed by atoms with Crippen LogP contribution in [0.2, 0.25) is 0 Å². The molecule has 2 aliphatic rings. The number of aromatic nitrogens is 3. The van der Waals surface area contributed by atoms with Crippen LogP contribution in [-0.2, 0) is 0 Å². The molecule has 1 saturated heterocycles. The van der Waals surface area contributed by atoms with Crippen LogP contribution in [0.4, 0.5) is 0 Å². The van der Waals surface area contributed by atoms with Gasteiger partial charge in [-0.2, -0.15) is 0 Å². The summed E-state index contributed by atoms with van der Waals surface area (Å²) >= 11 is 0. The Labute approximate surface area is 110 Å². The van der Waals surface area contributed by atoms with Crippen LogP contribution in [0.1, 0.15) is 23.3 Å². The zero-order valence-corrected chi connectivity index (χ0v) is 10.4. The zero-order valence-electron chi connectivity index (χ0n) is 10.4. The maximum Gasteiger partial charge on any atom is 0.270 e. The fourth-order valence-corrected chi connectivity index (χ4v) is 3.20. The van der Waals surface area contributed by atoms with Crippen molar-refractivity contribution in [2.24, 2.45) is 5.92 Å². The third-order valence-corrected chi connectivity index (χ3v) is 4.21. The van der Waals surface area contributed by atoms with Crippen molar-refractivity contribution in [2.75, 3.05) is 6.54 Å². The Morgan fingerprint density at radius 1 is 1.42 bits per heavy atom. The van der Waals surface area contributed by atoms with E-state index in [9.17, 15) is 4.79 Å². The summed E-state index contributed by atoms with van der Waals surface area (Å²) in [5.41, 5.74) is 1.35. The first kappa shape index (κ1) is 10.9. The Balaban J connectivity index is 1.53. The van der Waals surface area contributed by atoms with Gasteiger partial charge in [0.15, 0.2) is 0 Å². The third kappa shape index (κ3) is 1.79. The predicted molar refractivity (Wildman–Crippen MR) is 68.8 cm³/mol. The van der Waals surface area contributed by atoms with Gasteiger partial charge < -0.3 is 10.6 Å². The van der Waals surface area contributed by atoms with E-state index >= 15 is 0 Å². The number of fused-ring (bicyclic) bond motifs is 3. The van der Waals surface area contributed by atoms with Crippen LogP contribution in [0.15, 0.2) is 24.9 Å². The van der Waals surface area contributed by atoms with E-state index in [1.807, 2.05) is 0 Å². The molecule has 0 radical (unpaired) electrons. The molecule has 1 saturated carbocycles. The maximum atomic E-state index is 12.2. The highest BCUT2D eigenvalue weighted by Gasteiger charge is 2.40. The molecule has 0 aromatic carbocycles. The lowest BCUT2D eigenvalue weighted by atomic mass is 10.0. The van der Waals surface area contributed by atoms with Gasteiger partial charge in [0.25, 0.3) is 5.91 Å². The molecule has 2 N–H and O–H groups in total. The largest absolute Gasteiger partial charge is 0.348 e. The molecule has 0 spiro atoms. The SMILES string of the molecule is O=C(NC1CC2CC1CN2)c1cc2cncn2cn1. The second-order valence-electron chi connectivity index (χ2n) is 5.42. The topological polar surface area (TPSA) is 71.3 Å². The highest BCUT2D eigenvalue weighted by Crippen LogP contribution is 2.31. The van der Waals surface area contributed by atoms with Crippen LogP contribution in [0.25, 0.3) is 5.52 Å². The summed E-state index contributed by atoms with van der Waals surface area (Å²) < 4.78 is 1.79. The number of imidazole rings is 1. The molecule has 6 heteroatoms. The number of rotatable bonds is 2. The summed E-state index contributed by atoms with van der Waals surface area (Å²) in [6.45, 7) is 1.02. The number of amides is 1. The van der Waals surface area contributed by atoms with Gasteiger partial charge in [-0.1, -0.05) is 0 Å². The lowest BCUT2D eigenvalue weighted by molar-refractivity contribution is 0.0920. The Bertz CT molecular complexity index is 637. The van der Waals surface area contributed by atoms with E-state index in [2.05, 4.69) is 20.6 Å². The van der Waals surface area contributed by atoms with Gasteiger partial charge in [0, 0.05) is 18.6 Å². The van der Waals surface area contributed by atoms with Crippen molar-refractivity contribution in [1.29, 1.82) is 0 Å². The van der Waals surface area contributed by atoms with Crippen molar-refractivity contribution in [3.05, 3.63) is 30.6 Å².